The maximum atomic E-state index is 5.61. The SMILES string of the molecule is CCCCOCCOCCOCCC(CNC)C(C)C. The highest BCUT2D eigenvalue weighted by Crippen LogP contribution is 2.13. The van der Waals surface area contributed by atoms with Gasteiger partial charge >= 0.3 is 0 Å². The molecule has 1 unspecified atom stereocenters. The van der Waals surface area contributed by atoms with Crippen molar-refractivity contribution in [2.45, 2.75) is 40.0 Å². The first-order valence-corrected chi connectivity index (χ1v) is 8.10. The number of ether oxygens (including phenoxy) is 3. The molecule has 0 spiro atoms. The van der Waals surface area contributed by atoms with E-state index in [0.29, 0.717) is 38.3 Å². The molecule has 0 fully saturated rings. The normalized spacial score (nSPS) is 13.1. The van der Waals surface area contributed by atoms with Crippen molar-refractivity contribution in [3.05, 3.63) is 0 Å². The minimum absolute atomic E-state index is 0.662. The highest BCUT2D eigenvalue weighted by molar-refractivity contribution is 4.64. The van der Waals surface area contributed by atoms with Crippen LogP contribution in [-0.2, 0) is 14.2 Å². The Balaban J connectivity index is 3.23. The molecule has 0 aromatic rings. The Morgan fingerprint density at radius 2 is 1.40 bits per heavy atom. The number of hydrogen-bond acceptors (Lipinski definition) is 4. The molecular weight excluding hydrogens is 254 g/mol. The molecule has 1 atom stereocenters. The molecule has 20 heavy (non-hydrogen) atoms. The zero-order valence-electron chi connectivity index (χ0n) is 14.0. The quantitative estimate of drug-likeness (QED) is 0.471. The lowest BCUT2D eigenvalue weighted by Crippen LogP contribution is -2.24. The minimum atomic E-state index is 0.662. The van der Waals surface area contributed by atoms with Crippen LogP contribution in [0.5, 0.6) is 0 Å². The Morgan fingerprint density at radius 1 is 0.850 bits per heavy atom. The molecule has 0 aliphatic carbocycles. The van der Waals surface area contributed by atoms with Crippen LogP contribution in [0, 0.1) is 11.8 Å². The molecule has 122 valence electrons. The van der Waals surface area contributed by atoms with E-state index in [2.05, 4.69) is 26.1 Å². The summed E-state index contributed by atoms with van der Waals surface area (Å²) in [4.78, 5) is 0. The largest absolute Gasteiger partial charge is 0.379 e. The van der Waals surface area contributed by atoms with Gasteiger partial charge in [0.15, 0.2) is 0 Å². The molecular formula is C16H35NO3. The first kappa shape index (κ1) is 19.8. The van der Waals surface area contributed by atoms with Crippen LogP contribution >= 0.6 is 0 Å². The van der Waals surface area contributed by atoms with Crippen molar-refractivity contribution in [3.8, 4) is 0 Å². The Hall–Kier alpha value is -0.160. The van der Waals surface area contributed by atoms with Crippen molar-refractivity contribution in [3.63, 3.8) is 0 Å². The fourth-order valence-electron chi connectivity index (χ4n) is 1.96. The fraction of sp³-hybridized carbons (Fsp3) is 1.00. The summed E-state index contributed by atoms with van der Waals surface area (Å²) < 4.78 is 16.5. The van der Waals surface area contributed by atoms with Gasteiger partial charge in [-0.15, -0.1) is 0 Å². The summed E-state index contributed by atoms with van der Waals surface area (Å²) in [5.41, 5.74) is 0. The van der Waals surface area contributed by atoms with Gasteiger partial charge in [0.05, 0.1) is 26.4 Å². The van der Waals surface area contributed by atoms with E-state index in [9.17, 15) is 0 Å². The summed E-state index contributed by atoms with van der Waals surface area (Å²) in [5.74, 6) is 1.38. The Bertz CT molecular complexity index is 189. The predicted molar refractivity (Wildman–Crippen MR) is 84.2 cm³/mol. The number of hydrogen-bond donors (Lipinski definition) is 1. The van der Waals surface area contributed by atoms with E-state index in [1.54, 1.807) is 0 Å². The second kappa shape index (κ2) is 15.2. The zero-order valence-corrected chi connectivity index (χ0v) is 14.0. The molecule has 0 aliphatic heterocycles. The summed E-state index contributed by atoms with van der Waals surface area (Å²) in [6, 6.07) is 0. The van der Waals surface area contributed by atoms with Gasteiger partial charge in [0.25, 0.3) is 0 Å². The van der Waals surface area contributed by atoms with Crippen LogP contribution in [0.1, 0.15) is 40.0 Å². The third kappa shape index (κ3) is 12.9. The van der Waals surface area contributed by atoms with Crippen molar-refractivity contribution in [1.29, 1.82) is 0 Å². The molecule has 0 amide bonds. The van der Waals surface area contributed by atoms with Crippen LogP contribution in [0.25, 0.3) is 0 Å². The van der Waals surface area contributed by atoms with Crippen molar-refractivity contribution in [2.75, 3.05) is 53.2 Å². The minimum Gasteiger partial charge on any atom is -0.379 e. The zero-order chi connectivity index (χ0) is 15.1. The number of nitrogens with one attached hydrogen (secondary N) is 1. The van der Waals surface area contributed by atoms with Gasteiger partial charge in [-0.3, -0.25) is 0 Å². The molecule has 0 aliphatic rings. The topological polar surface area (TPSA) is 39.7 Å². The molecule has 4 heteroatoms. The molecule has 0 rings (SSSR count). The van der Waals surface area contributed by atoms with Crippen LogP contribution in [0.3, 0.4) is 0 Å². The van der Waals surface area contributed by atoms with Gasteiger partial charge < -0.3 is 19.5 Å². The van der Waals surface area contributed by atoms with E-state index >= 15 is 0 Å². The first-order chi connectivity index (χ1) is 9.72. The summed E-state index contributed by atoms with van der Waals surface area (Å²) in [6.07, 6.45) is 3.42. The van der Waals surface area contributed by atoms with E-state index in [1.807, 2.05) is 7.05 Å². The number of unbranched alkanes of at least 4 members (excludes halogenated alkanes) is 1. The average molecular weight is 289 g/mol. The molecule has 0 aromatic heterocycles. The van der Waals surface area contributed by atoms with E-state index in [1.165, 1.54) is 6.42 Å². The maximum Gasteiger partial charge on any atom is 0.0701 e. The second-order valence-electron chi connectivity index (χ2n) is 5.54. The Morgan fingerprint density at radius 3 is 1.90 bits per heavy atom. The van der Waals surface area contributed by atoms with Gasteiger partial charge in [-0.1, -0.05) is 27.2 Å². The second-order valence-corrected chi connectivity index (χ2v) is 5.54. The highest BCUT2D eigenvalue weighted by atomic mass is 16.5. The van der Waals surface area contributed by atoms with E-state index in [0.717, 1.165) is 32.6 Å². The maximum absolute atomic E-state index is 5.61. The summed E-state index contributed by atoms with van der Waals surface area (Å²) in [5, 5.41) is 3.24. The smallest absolute Gasteiger partial charge is 0.0701 e. The summed E-state index contributed by atoms with van der Waals surface area (Å²) in [7, 11) is 2.01. The van der Waals surface area contributed by atoms with Crippen molar-refractivity contribution < 1.29 is 14.2 Å². The first-order valence-electron chi connectivity index (χ1n) is 8.10. The highest BCUT2D eigenvalue weighted by Gasteiger charge is 2.11. The van der Waals surface area contributed by atoms with Crippen LogP contribution in [0.2, 0.25) is 0 Å². The average Bonchev–Trinajstić information content (AvgIpc) is 2.43. The fourth-order valence-corrected chi connectivity index (χ4v) is 1.96. The molecule has 0 aromatic carbocycles. The van der Waals surface area contributed by atoms with Crippen molar-refractivity contribution in [1.82, 2.24) is 5.32 Å². The van der Waals surface area contributed by atoms with Crippen LogP contribution in [-0.4, -0.2) is 53.2 Å². The molecule has 0 saturated heterocycles. The Labute approximate surface area is 125 Å². The summed E-state index contributed by atoms with van der Waals surface area (Å²) >= 11 is 0. The van der Waals surface area contributed by atoms with Gasteiger partial charge in [-0.25, -0.2) is 0 Å². The van der Waals surface area contributed by atoms with Gasteiger partial charge in [0.2, 0.25) is 0 Å². The van der Waals surface area contributed by atoms with Crippen molar-refractivity contribution in [2.24, 2.45) is 11.8 Å². The molecule has 0 radical (unpaired) electrons. The van der Waals surface area contributed by atoms with Crippen LogP contribution in [0.4, 0.5) is 0 Å². The van der Waals surface area contributed by atoms with E-state index < -0.39 is 0 Å². The van der Waals surface area contributed by atoms with Gasteiger partial charge in [0.1, 0.15) is 0 Å². The van der Waals surface area contributed by atoms with E-state index in [-0.39, 0.29) is 0 Å². The lowest BCUT2D eigenvalue weighted by atomic mass is 9.93. The lowest BCUT2D eigenvalue weighted by molar-refractivity contribution is 0.0110. The van der Waals surface area contributed by atoms with Gasteiger partial charge in [-0.05, 0) is 38.3 Å². The number of rotatable bonds is 15. The van der Waals surface area contributed by atoms with Gasteiger partial charge in [-0.2, -0.15) is 0 Å². The van der Waals surface area contributed by atoms with Crippen LogP contribution in [0.15, 0.2) is 0 Å². The third-order valence-corrected chi connectivity index (χ3v) is 3.43. The van der Waals surface area contributed by atoms with E-state index in [4.69, 9.17) is 14.2 Å². The Kier molecular flexibility index (Phi) is 15.1. The molecule has 1 N–H and O–H groups in total. The van der Waals surface area contributed by atoms with Gasteiger partial charge in [0, 0.05) is 13.2 Å². The monoisotopic (exact) mass is 289 g/mol. The molecule has 4 nitrogen and oxygen atoms in total. The lowest BCUT2D eigenvalue weighted by Gasteiger charge is -2.20. The van der Waals surface area contributed by atoms with Crippen LogP contribution < -0.4 is 5.32 Å². The summed E-state index contributed by atoms with van der Waals surface area (Å²) in [6.45, 7) is 12.1. The third-order valence-electron chi connectivity index (χ3n) is 3.43. The standard InChI is InChI=1S/C16H35NO3/c1-5-6-8-18-10-12-20-13-11-19-9-7-16(14-17-4)15(2)3/h15-17H,5-14H2,1-4H3. The molecule has 0 heterocycles. The molecule has 0 bridgehead atoms. The predicted octanol–water partition coefficient (Wildman–Crippen LogP) is 2.72. The van der Waals surface area contributed by atoms with Crippen molar-refractivity contribution >= 4 is 0 Å². The molecule has 0 saturated carbocycles.